The Balaban J connectivity index is 1.56. The number of imide groups is 1. The fraction of sp³-hybridized carbons (Fsp3) is 0.231. The molecule has 2 heterocycles. The van der Waals surface area contributed by atoms with Crippen LogP contribution in [0.15, 0.2) is 73.1 Å². The smallest absolute Gasteiger partial charge is 0.332 e. The number of carbonyl (C=O) groups is 3. The molecule has 1 atom stereocenters. The lowest BCUT2D eigenvalue weighted by molar-refractivity contribution is -0.124. The summed E-state index contributed by atoms with van der Waals surface area (Å²) in [6.07, 6.45) is 3.06. The summed E-state index contributed by atoms with van der Waals surface area (Å²) < 4.78 is 10.7. The Morgan fingerprint density at radius 3 is 2.54 bits per heavy atom. The summed E-state index contributed by atoms with van der Waals surface area (Å²) in [5.74, 6) is 0.343. The summed E-state index contributed by atoms with van der Waals surface area (Å²) >= 11 is 0. The van der Waals surface area contributed by atoms with Gasteiger partial charge in [0.05, 0.1) is 25.8 Å². The summed E-state index contributed by atoms with van der Waals surface area (Å²) in [4.78, 5) is 46.3. The van der Waals surface area contributed by atoms with Crippen LogP contribution < -0.4 is 19.7 Å². The second kappa shape index (κ2) is 10.7. The SMILES string of the molecule is CCOc1ccc(NC(=O)C[C@@H]2C(=O)N(c3cccc(OC)c3)C(=O)N2Cc2cccnc2)cc1. The lowest BCUT2D eigenvalue weighted by atomic mass is 10.1. The number of amides is 4. The standard InChI is InChI=1S/C26H26N4O5/c1-3-35-21-11-9-19(10-12-21)28-24(31)15-23-25(32)30(20-7-4-8-22(14-20)34-2)26(33)29(23)17-18-6-5-13-27-16-18/h4-14,16,23H,3,15,17H2,1-2H3,(H,28,31)/t23-/m1/s1. The van der Waals surface area contributed by atoms with Gasteiger partial charge >= 0.3 is 6.03 Å². The van der Waals surface area contributed by atoms with Crippen molar-refractivity contribution >= 4 is 29.2 Å². The van der Waals surface area contributed by atoms with E-state index in [-0.39, 0.29) is 18.9 Å². The molecule has 35 heavy (non-hydrogen) atoms. The Hall–Kier alpha value is -4.40. The van der Waals surface area contributed by atoms with E-state index in [4.69, 9.17) is 9.47 Å². The first kappa shape index (κ1) is 23.7. The predicted octanol–water partition coefficient (Wildman–Crippen LogP) is 3.86. The molecule has 0 bridgehead atoms. The second-order valence-corrected chi connectivity index (χ2v) is 7.87. The number of ether oxygens (including phenoxy) is 2. The molecule has 1 N–H and O–H groups in total. The van der Waals surface area contributed by atoms with Gasteiger partial charge in [0.1, 0.15) is 17.5 Å². The van der Waals surface area contributed by atoms with Crippen molar-refractivity contribution in [2.24, 2.45) is 0 Å². The second-order valence-electron chi connectivity index (χ2n) is 7.87. The molecule has 1 saturated heterocycles. The van der Waals surface area contributed by atoms with Gasteiger partial charge in [-0.3, -0.25) is 14.6 Å². The topological polar surface area (TPSA) is 101 Å². The van der Waals surface area contributed by atoms with Gasteiger partial charge in [-0.1, -0.05) is 12.1 Å². The van der Waals surface area contributed by atoms with Gasteiger partial charge in [-0.25, -0.2) is 9.69 Å². The summed E-state index contributed by atoms with van der Waals surface area (Å²) in [6, 6.07) is 15.7. The van der Waals surface area contributed by atoms with Gasteiger partial charge < -0.3 is 19.7 Å². The van der Waals surface area contributed by atoms with Gasteiger partial charge in [0, 0.05) is 30.7 Å². The summed E-state index contributed by atoms with van der Waals surface area (Å²) in [6.45, 7) is 2.57. The molecule has 9 heteroatoms. The Morgan fingerprint density at radius 2 is 1.86 bits per heavy atom. The molecule has 1 fully saturated rings. The zero-order chi connectivity index (χ0) is 24.8. The Bertz CT molecular complexity index is 1200. The fourth-order valence-electron chi connectivity index (χ4n) is 3.88. The van der Waals surface area contributed by atoms with E-state index < -0.39 is 18.0 Å². The largest absolute Gasteiger partial charge is 0.497 e. The molecule has 4 amide bonds. The van der Waals surface area contributed by atoms with Crippen LogP contribution in [-0.2, 0) is 16.1 Å². The van der Waals surface area contributed by atoms with E-state index in [0.717, 1.165) is 10.5 Å². The van der Waals surface area contributed by atoms with Gasteiger partial charge in [0.25, 0.3) is 5.91 Å². The molecule has 0 saturated carbocycles. The number of pyridine rings is 1. The highest BCUT2D eigenvalue weighted by Crippen LogP contribution is 2.30. The van der Waals surface area contributed by atoms with Crippen LogP contribution >= 0.6 is 0 Å². The molecule has 1 aromatic heterocycles. The van der Waals surface area contributed by atoms with Crippen LogP contribution in [-0.4, -0.2) is 47.5 Å². The summed E-state index contributed by atoms with van der Waals surface area (Å²) in [5.41, 5.74) is 1.70. The third-order valence-electron chi connectivity index (χ3n) is 5.53. The highest BCUT2D eigenvalue weighted by atomic mass is 16.5. The number of anilines is 2. The number of nitrogens with zero attached hydrogens (tertiary/aromatic N) is 3. The maximum Gasteiger partial charge on any atom is 0.332 e. The first-order chi connectivity index (χ1) is 17.0. The van der Waals surface area contributed by atoms with E-state index in [2.05, 4.69) is 10.3 Å². The molecule has 2 aromatic carbocycles. The molecule has 0 unspecified atom stereocenters. The van der Waals surface area contributed by atoms with E-state index in [0.29, 0.717) is 29.5 Å². The first-order valence-electron chi connectivity index (χ1n) is 11.2. The highest BCUT2D eigenvalue weighted by Gasteiger charge is 2.46. The molecule has 0 spiro atoms. The minimum Gasteiger partial charge on any atom is -0.497 e. The van der Waals surface area contributed by atoms with Crippen molar-refractivity contribution in [1.82, 2.24) is 9.88 Å². The normalized spacial score (nSPS) is 15.3. The molecule has 1 aliphatic rings. The number of hydrogen-bond acceptors (Lipinski definition) is 6. The van der Waals surface area contributed by atoms with Crippen LogP contribution in [0.1, 0.15) is 18.9 Å². The lowest BCUT2D eigenvalue weighted by Gasteiger charge is -2.21. The van der Waals surface area contributed by atoms with E-state index in [1.807, 2.05) is 13.0 Å². The molecule has 1 aliphatic heterocycles. The molecule has 0 radical (unpaired) electrons. The van der Waals surface area contributed by atoms with E-state index in [1.54, 1.807) is 67.0 Å². The van der Waals surface area contributed by atoms with Crippen molar-refractivity contribution in [2.75, 3.05) is 23.9 Å². The van der Waals surface area contributed by atoms with Crippen molar-refractivity contribution in [3.05, 3.63) is 78.6 Å². The van der Waals surface area contributed by atoms with Crippen molar-refractivity contribution in [3.8, 4) is 11.5 Å². The fourth-order valence-corrected chi connectivity index (χ4v) is 3.88. The third-order valence-corrected chi connectivity index (χ3v) is 5.53. The van der Waals surface area contributed by atoms with E-state index >= 15 is 0 Å². The quantitative estimate of drug-likeness (QED) is 0.473. The van der Waals surface area contributed by atoms with Crippen LogP contribution in [0.25, 0.3) is 0 Å². The summed E-state index contributed by atoms with van der Waals surface area (Å²) in [7, 11) is 1.51. The van der Waals surface area contributed by atoms with Gasteiger partial charge in [-0.2, -0.15) is 0 Å². The van der Waals surface area contributed by atoms with Crippen LogP contribution in [0.5, 0.6) is 11.5 Å². The Kier molecular flexibility index (Phi) is 7.25. The van der Waals surface area contributed by atoms with E-state index in [1.165, 1.54) is 12.0 Å². The molecular formula is C26H26N4O5. The maximum atomic E-state index is 13.4. The molecule has 4 rings (SSSR count). The number of aromatic nitrogens is 1. The number of benzene rings is 2. The highest BCUT2D eigenvalue weighted by molar-refractivity contribution is 6.22. The lowest BCUT2D eigenvalue weighted by Crippen LogP contribution is -2.37. The number of urea groups is 1. The number of hydrogen-bond donors (Lipinski definition) is 1. The number of methoxy groups -OCH3 is 1. The predicted molar refractivity (Wildman–Crippen MR) is 130 cm³/mol. The van der Waals surface area contributed by atoms with Gasteiger partial charge in [0.2, 0.25) is 5.91 Å². The van der Waals surface area contributed by atoms with Gasteiger partial charge in [-0.15, -0.1) is 0 Å². The average Bonchev–Trinajstić information content (AvgIpc) is 3.10. The number of carbonyl (C=O) groups excluding carboxylic acids is 3. The minimum atomic E-state index is -0.975. The summed E-state index contributed by atoms with van der Waals surface area (Å²) in [5, 5.41) is 2.80. The molecule has 3 aromatic rings. The molecule has 0 aliphatic carbocycles. The minimum absolute atomic E-state index is 0.139. The molecule has 9 nitrogen and oxygen atoms in total. The zero-order valence-corrected chi connectivity index (χ0v) is 19.5. The molecule has 180 valence electrons. The first-order valence-corrected chi connectivity index (χ1v) is 11.2. The maximum absolute atomic E-state index is 13.4. The Labute approximate surface area is 203 Å². The molecular weight excluding hydrogens is 448 g/mol. The van der Waals surface area contributed by atoms with Gasteiger partial charge in [0.15, 0.2) is 0 Å². The number of nitrogens with one attached hydrogen (secondary N) is 1. The van der Waals surface area contributed by atoms with Crippen molar-refractivity contribution in [2.45, 2.75) is 25.9 Å². The third kappa shape index (κ3) is 5.40. The Morgan fingerprint density at radius 1 is 1.06 bits per heavy atom. The van der Waals surface area contributed by atoms with Crippen LogP contribution in [0, 0.1) is 0 Å². The van der Waals surface area contributed by atoms with Gasteiger partial charge in [-0.05, 0) is 55.0 Å². The van der Waals surface area contributed by atoms with Crippen molar-refractivity contribution in [3.63, 3.8) is 0 Å². The van der Waals surface area contributed by atoms with Crippen LogP contribution in [0.4, 0.5) is 16.2 Å². The van der Waals surface area contributed by atoms with Crippen LogP contribution in [0.3, 0.4) is 0 Å². The number of rotatable bonds is 9. The van der Waals surface area contributed by atoms with Crippen molar-refractivity contribution in [1.29, 1.82) is 0 Å². The van der Waals surface area contributed by atoms with E-state index in [9.17, 15) is 14.4 Å². The zero-order valence-electron chi connectivity index (χ0n) is 19.5. The van der Waals surface area contributed by atoms with Crippen LogP contribution in [0.2, 0.25) is 0 Å². The monoisotopic (exact) mass is 474 g/mol. The average molecular weight is 475 g/mol. The van der Waals surface area contributed by atoms with Crippen molar-refractivity contribution < 1.29 is 23.9 Å².